The lowest BCUT2D eigenvalue weighted by molar-refractivity contribution is -0.142. The molecule has 1 atom stereocenters. The summed E-state index contributed by atoms with van der Waals surface area (Å²) in [5.41, 5.74) is 1.72. The summed E-state index contributed by atoms with van der Waals surface area (Å²) in [6, 6.07) is 14.0. The number of amides is 1. The zero-order valence-corrected chi connectivity index (χ0v) is 17.6. The Bertz CT molecular complexity index is 1060. The molecule has 1 fully saturated rings. The summed E-state index contributed by atoms with van der Waals surface area (Å²) >= 11 is 1.53. The van der Waals surface area contributed by atoms with E-state index in [1.165, 1.54) is 23.5 Å². The first-order valence-electron chi connectivity index (χ1n) is 10.3. The molecule has 2 aromatic carbocycles. The first-order valence-corrected chi connectivity index (χ1v) is 11.2. The van der Waals surface area contributed by atoms with Crippen molar-refractivity contribution in [3.63, 3.8) is 0 Å². The zero-order valence-electron chi connectivity index (χ0n) is 16.8. The molecule has 5 rings (SSSR count). The Balaban J connectivity index is 1.14. The number of para-hydroxylation sites is 2. The number of hydrogen-bond acceptors (Lipinski definition) is 6. The average molecular weight is 440 g/mol. The van der Waals surface area contributed by atoms with E-state index < -0.39 is 6.10 Å². The quantitative estimate of drug-likeness (QED) is 0.660. The number of likely N-dealkylation sites (tertiary alicyclic amines) is 1. The maximum Gasteiger partial charge on any atom is 0.267 e. The molecule has 0 spiro atoms. The molecule has 3 aromatic rings. The molecule has 0 radical (unpaired) electrons. The summed E-state index contributed by atoms with van der Waals surface area (Å²) in [6.45, 7) is 1.56. The lowest BCUT2D eigenvalue weighted by atomic mass is 10.0. The largest absolute Gasteiger partial charge is 0.485 e. The molecule has 0 aliphatic carbocycles. The van der Waals surface area contributed by atoms with E-state index in [9.17, 15) is 9.18 Å². The fourth-order valence-electron chi connectivity index (χ4n) is 3.86. The number of hydrogen-bond donors (Lipinski definition) is 1. The second kappa shape index (κ2) is 8.55. The van der Waals surface area contributed by atoms with Gasteiger partial charge in [0.2, 0.25) is 6.10 Å². The van der Waals surface area contributed by atoms with Crippen LogP contribution in [0.4, 0.5) is 9.52 Å². The fourth-order valence-corrected chi connectivity index (χ4v) is 4.65. The molecule has 2 aliphatic rings. The van der Waals surface area contributed by atoms with E-state index in [0.717, 1.165) is 29.2 Å². The Hall–Kier alpha value is -3.13. The van der Waals surface area contributed by atoms with Gasteiger partial charge in [0.15, 0.2) is 16.6 Å². The molecule has 0 bridgehead atoms. The molecule has 1 unspecified atom stereocenters. The second-order valence-electron chi connectivity index (χ2n) is 7.65. The maximum absolute atomic E-state index is 13.1. The third-order valence-electron chi connectivity index (χ3n) is 5.56. The molecule has 1 saturated heterocycles. The number of thiazole rings is 1. The molecule has 3 heterocycles. The number of aromatic nitrogens is 1. The van der Waals surface area contributed by atoms with Gasteiger partial charge in [0.05, 0.1) is 5.69 Å². The van der Waals surface area contributed by atoms with Gasteiger partial charge >= 0.3 is 0 Å². The fraction of sp³-hybridized carbons (Fsp3) is 0.304. The maximum atomic E-state index is 13.1. The number of rotatable bonds is 4. The Morgan fingerprint density at radius 3 is 2.61 bits per heavy atom. The molecular weight excluding hydrogens is 417 g/mol. The smallest absolute Gasteiger partial charge is 0.267 e. The van der Waals surface area contributed by atoms with Crippen molar-refractivity contribution in [2.24, 2.45) is 0 Å². The minimum absolute atomic E-state index is 0.0270. The summed E-state index contributed by atoms with van der Waals surface area (Å²) in [4.78, 5) is 19.3. The van der Waals surface area contributed by atoms with Crippen LogP contribution < -0.4 is 14.8 Å². The van der Waals surface area contributed by atoms with Crippen LogP contribution in [0, 0.1) is 5.82 Å². The minimum Gasteiger partial charge on any atom is -0.485 e. The van der Waals surface area contributed by atoms with Crippen LogP contribution in [0.5, 0.6) is 11.5 Å². The van der Waals surface area contributed by atoms with Crippen molar-refractivity contribution < 1.29 is 18.7 Å². The first kappa shape index (κ1) is 19.8. The third-order valence-corrected chi connectivity index (χ3v) is 6.34. The molecule has 1 aromatic heterocycles. The number of fused-ring (bicyclic) bond motifs is 1. The number of anilines is 1. The molecule has 1 amide bonds. The van der Waals surface area contributed by atoms with E-state index in [2.05, 4.69) is 10.3 Å². The summed E-state index contributed by atoms with van der Waals surface area (Å²) in [5.74, 6) is 1.01. The third kappa shape index (κ3) is 4.34. The first-order chi connectivity index (χ1) is 15.2. The number of nitrogens with one attached hydrogen (secondary N) is 1. The van der Waals surface area contributed by atoms with Crippen LogP contribution in [0.25, 0.3) is 11.3 Å². The van der Waals surface area contributed by atoms with Crippen molar-refractivity contribution in [1.29, 1.82) is 0 Å². The van der Waals surface area contributed by atoms with Crippen LogP contribution in [-0.2, 0) is 4.79 Å². The van der Waals surface area contributed by atoms with Crippen LogP contribution in [0.15, 0.2) is 53.9 Å². The Labute approximate surface area is 183 Å². The van der Waals surface area contributed by atoms with Gasteiger partial charge < -0.3 is 19.7 Å². The van der Waals surface area contributed by atoms with Gasteiger partial charge in [0, 0.05) is 30.1 Å². The van der Waals surface area contributed by atoms with Crippen LogP contribution in [-0.4, -0.2) is 47.6 Å². The number of ether oxygens (including phenoxy) is 2. The SMILES string of the molecule is O=C(C1COc2ccccc2O1)N1CCC(Nc2nc(-c3ccc(F)cc3)cs2)CC1. The van der Waals surface area contributed by atoms with Gasteiger partial charge in [0.1, 0.15) is 12.4 Å². The van der Waals surface area contributed by atoms with Gasteiger partial charge in [-0.25, -0.2) is 9.37 Å². The average Bonchev–Trinajstić information content (AvgIpc) is 3.27. The predicted molar refractivity (Wildman–Crippen MR) is 117 cm³/mol. The molecule has 8 heteroatoms. The van der Waals surface area contributed by atoms with Crippen molar-refractivity contribution in [2.75, 3.05) is 25.0 Å². The number of piperidine rings is 1. The van der Waals surface area contributed by atoms with E-state index in [-0.39, 0.29) is 24.4 Å². The second-order valence-corrected chi connectivity index (χ2v) is 8.51. The van der Waals surface area contributed by atoms with E-state index in [4.69, 9.17) is 9.47 Å². The molecular formula is C23H22FN3O3S. The van der Waals surface area contributed by atoms with Crippen molar-refractivity contribution in [3.05, 3.63) is 59.7 Å². The predicted octanol–water partition coefficient (Wildman–Crippen LogP) is 4.19. The van der Waals surface area contributed by atoms with Crippen molar-refractivity contribution in [1.82, 2.24) is 9.88 Å². The van der Waals surface area contributed by atoms with Gasteiger partial charge in [-0.05, 0) is 49.2 Å². The monoisotopic (exact) mass is 439 g/mol. The van der Waals surface area contributed by atoms with Crippen LogP contribution >= 0.6 is 11.3 Å². The van der Waals surface area contributed by atoms with Crippen LogP contribution in [0.2, 0.25) is 0 Å². The molecule has 160 valence electrons. The molecule has 6 nitrogen and oxygen atoms in total. The van der Waals surface area contributed by atoms with Gasteiger partial charge in [-0.15, -0.1) is 11.3 Å². The van der Waals surface area contributed by atoms with Gasteiger partial charge in [0.25, 0.3) is 5.91 Å². The number of benzene rings is 2. The van der Waals surface area contributed by atoms with E-state index >= 15 is 0 Å². The lowest BCUT2D eigenvalue weighted by Crippen LogP contribution is -2.50. The summed E-state index contributed by atoms with van der Waals surface area (Å²) < 4.78 is 24.7. The number of carbonyl (C=O) groups excluding carboxylic acids is 1. The van der Waals surface area contributed by atoms with Crippen molar-refractivity contribution >= 4 is 22.4 Å². The van der Waals surface area contributed by atoms with Gasteiger partial charge in [-0.1, -0.05) is 12.1 Å². The highest BCUT2D eigenvalue weighted by Crippen LogP contribution is 2.32. The van der Waals surface area contributed by atoms with E-state index in [0.29, 0.717) is 24.6 Å². The Morgan fingerprint density at radius 1 is 1.10 bits per heavy atom. The summed E-state index contributed by atoms with van der Waals surface area (Å²) in [6.07, 6.45) is 1.07. The van der Waals surface area contributed by atoms with Gasteiger partial charge in [-0.3, -0.25) is 4.79 Å². The molecule has 1 N–H and O–H groups in total. The highest BCUT2D eigenvalue weighted by atomic mass is 32.1. The Kier molecular flexibility index (Phi) is 5.46. The number of carbonyl (C=O) groups is 1. The van der Waals surface area contributed by atoms with Gasteiger partial charge in [-0.2, -0.15) is 0 Å². The number of nitrogens with zero attached hydrogens (tertiary/aromatic N) is 2. The van der Waals surface area contributed by atoms with Crippen molar-refractivity contribution in [3.8, 4) is 22.8 Å². The Morgan fingerprint density at radius 2 is 1.84 bits per heavy atom. The minimum atomic E-state index is -0.600. The summed E-state index contributed by atoms with van der Waals surface area (Å²) in [5, 5.41) is 6.28. The normalized spacial score (nSPS) is 18.6. The van der Waals surface area contributed by atoms with E-state index in [1.807, 2.05) is 34.5 Å². The zero-order chi connectivity index (χ0) is 21.2. The van der Waals surface area contributed by atoms with E-state index in [1.54, 1.807) is 12.1 Å². The highest BCUT2D eigenvalue weighted by Gasteiger charge is 2.33. The number of halogens is 1. The molecule has 2 aliphatic heterocycles. The van der Waals surface area contributed by atoms with Crippen LogP contribution in [0.1, 0.15) is 12.8 Å². The molecule has 31 heavy (non-hydrogen) atoms. The highest BCUT2D eigenvalue weighted by molar-refractivity contribution is 7.14. The van der Waals surface area contributed by atoms with Crippen LogP contribution in [0.3, 0.4) is 0 Å². The lowest BCUT2D eigenvalue weighted by Gasteiger charge is -2.35. The van der Waals surface area contributed by atoms with Crippen molar-refractivity contribution in [2.45, 2.75) is 25.0 Å². The molecule has 0 saturated carbocycles. The topological polar surface area (TPSA) is 63.7 Å². The standard InChI is InChI=1S/C23H22FN3O3S/c24-16-7-5-15(6-8-16)18-14-31-23(26-18)25-17-9-11-27(12-10-17)22(28)21-13-29-19-3-1-2-4-20(19)30-21/h1-8,14,17,21H,9-13H2,(H,25,26). The summed E-state index contributed by atoms with van der Waals surface area (Å²) in [7, 11) is 0.